The van der Waals surface area contributed by atoms with Gasteiger partial charge in [0, 0.05) is 60.0 Å². The fourth-order valence-electron chi connectivity index (χ4n) is 3.98. The molecule has 0 aliphatic heterocycles. The fraction of sp³-hybridized carbons (Fsp3) is 0.118. The number of aromatic nitrogens is 5. The van der Waals surface area contributed by atoms with Gasteiger partial charge in [0.15, 0.2) is 5.82 Å². The predicted octanol–water partition coefficient (Wildman–Crippen LogP) is 7.78. The van der Waals surface area contributed by atoms with Crippen LogP contribution < -0.4 is 0 Å². The van der Waals surface area contributed by atoms with E-state index >= 15 is 0 Å². The van der Waals surface area contributed by atoms with Gasteiger partial charge in [0.2, 0.25) is 0 Å². The van der Waals surface area contributed by atoms with E-state index in [2.05, 4.69) is 32.2 Å². The van der Waals surface area contributed by atoms with Gasteiger partial charge < -0.3 is 14.4 Å². The number of oxazole rings is 1. The summed E-state index contributed by atoms with van der Waals surface area (Å²) in [6, 6.07) is 27.6. The van der Waals surface area contributed by atoms with Crippen LogP contribution in [-0.2, 0) is 20.1 Å². The zero-order valence-electron chi connectivity index (χ0n) is 33.1. The molecule has 3 aromatic carbocycles. The van der Waals surface area contributed by atoms with Gasteiger partial charge in [0.05, 0.1) is 5.58 Å². The molecule has 41 heavy (non-hydrogen) atoms. The number of hydrogen-bond acceptors (Lipinski definition) is 5. The fourth-order valence-corrected chi connectivity index (χ4v) is 3.98. The molecule has 0 amide bonds. The Bertz CT molecular complexity index is 2290. The Labute approximate surface area is 269 Å². The van der Waals surface area contributed by atoms with Crippen molar-refractivity contribution in [1.29, 1.82) is 0 Å². The van der Waals surface area contributed by atoms with Crippen LogP contribution >= 0.6 is 0 Å². The number of pyridine rings is 2. The first kappa shape index (κ1) is 16.7. The molecular weight excluding hydrogens is 687 g/mol. The zero-order valence-corrected chi connectivity index (χ0v) is 23.5. The molecule has 0 atom stereocenters. The van der Waals surface area contributed by atoms with Crippen molar-refractivity contribution in [1.82, 2.24) is 24.6 Å². The van der Waals surface area contributed by atoms with Gasteiger partial charge >= 0.3 is 5.84 Å². The average molecular weight is 726 g/mol. The summed E-state index contributed by atoms with van der Waals surface area (Å²) in [6.45, 7) is -9.57. The summed E-state index contributed by atoms with van der Waals surface area (Å²) in [5.41, 5.74) is 3.38. The van der Waals surface area contributed by atoms with E-state index in [1.165, 1.54) is 30.5 Å². The molecule has 205 valence electrons. The third-order valence-electron chi connectivity index (χ3n) is 5.97. The summed E-state index contributed by atoms with van der Waals surface area (Å²) < 4.78 is 97.4. The molecule has 4 aromatic heterocycles. The zero-order chi connectivity index (χ0) is 37.6. The van der Waals surface area contributed by atoms with Crippen molar-refractivity contribution in [2.45, 2.75) is 27.4 Å². The van der Waals surface area contributed by atoms with Gasteiger partial charge in [-0.1, -0.05) is 66.5 Å². The molecule has 0 fully saturated rings. The van der Waals surface area contributed by atoms with Crippen molar-refractivity contribution in [3.05, 3.63) is 126 Å². The Kier molecular flexibility index (Phi) is 4.88. The standard InChI is InChI=1S/C21H15N4O.C13H12N.Ir/c1-13-11-17(22-12-14(13)2)16-9-6-10-18-19(16)26-21-23-20(24-25(18)21)15-7-4-3-5-8-15;1-10-3-6-12(7-4-10)13-8-5-11(2)9-14-13;/h3-8,10-12H,1-2H3;3-6,8-9H,1-2H3;/q2*-1;/i2*1D3,2D3;. The van der Waals surface area contributed by atoms with Crippen LogP contribution in [0.15, 0.2) is 95.7 Å². The van der Waals surface area contributed by atoms with E-state index in [0.717, 1.165) is 11.8 Å². The average Bonchev–Trinajstić information content (AvgIpc) is 3.66. The molecule has 7 heteroatoms. The van der Waals surface area contributed by atoms with Crippen LogP contribution in [0.4, 0.5) is 0 Å². The minimum Gasteiger partial charge on any atom is -0.470 e. The quantitative estimate of drug-likeness (QED) is 0.174. The second-order valence-electron chi connectivity index (χ2n) is 8.70. The molecule has 0 saturated heterocycles. The van der Waals surface area contributed by atoms with Gasteiger partial charge in [-0.05, 0) is 43.1 Å². The summed E-state index contributed by atoms with van der Waals surface area (Å²) in [5.74, 6) is 0.764. The maximum atomic E-state index is 7.78. The topological polar surface area (TPSA) is 69.1 Å². The number of benzene rings is 3. The summed E-state index contributed by atoms with van der Waals surface area (Å²) in [7, 11) is 0. The van der Waals surface area contributed by atoms with Gasteiger partial charge in [0.25, 0.3) is 0 Å². The van der Waals surface area contributed by atoms with Gasteiger partial charge in [-0.2, -0.15) is 9.50 Å². The van der Waals surface area contributed by atoms with Crippen molar-refractivity contribution in [2.75, 3.05) is 0 Å². The largest absolute Gasteiger partial charge is 0.470 e. The molecule has 4 heterocycles. The van der Waals surface area contributed by atoms with E-state index in [1.54, 1.807) is 28.8 Å². The molecule has 0 aliphatic carbocycles. The van der Waals surface area contributed by atoms with Crippen LogP contribution in [0, 0.1) is 39.5 Å². The monoisotopic (exact) mass is 726 g/mol. The molecule has 7 rings (SSSR count). The summed E-state index contributed by atoms with van der Waals surface area (Å²) in [4.78, 5) is 12.7. The number of hydrogen-bond donors (Lipinski definition) is 0. The number of fused-ring (bicyclic) bond motifs is 3. The normalized spacial score (nSPS) is 16.3. The van der Waals surface area contributed by atoms with Crippen LogP contribution in [-0.4, -0.2) is 24.6 Å². The molecule has 6 nitrogen and oxygen atoms in total. The number of aryl methyl sites for hydroxylation is 4. The van der Waals surface area contributed by atoms with Crippen LogP contribution in [0.5, 0.6) is 0 Å². The first-order chi connectivity index (χ1) is 24.3. The van der Waals surface area contributed by atoms with E-state index in [1.807, 2.05) is 30.3 Å². The third kappa shape index (κ3) is 5.87. The van der Waals surface area contributed by atoms with Gasteiger partial charge in [-0.15, -0.1) is 58.7 Å². The molecule has 0 spiro atoms. The number of rotatable bonds is 3. The van der Waals surface area contributed by atoms with Crippen LogP contribution in [0.3, 0.4) is 0 Å². The first-order valence-electron chi connectivity index (χ1n) is 18.1. The predicted molar refractivity (Wildman–Crippen MR) is 158 cm³/mol. The van der Waals surface area contributed by atoms with Crippen LogP contribution in [0.25, 0.3) is 50.8 Å². The van der Waals surface area contributed by atoms with E-state index in [9.17, 15) is 0 Å². The maximum Gasteiger partial charge on any atom is 0.315 e. The molecule has 0 unspecified atom stereocenters. The Morgan fingerprint density at radius 3 is 2.37 bits per heavy atom. The minimum atomic E-state index is -2.63. The second kappa shape index (κ2) is 12.0. The van der Waals surface area contributed by atoms with Gasteiger partial charge in [-0.3, -0.25) is 0 Å². The Hall–Kier alpha value is -4.45. The molecule has 0 bridgehead atoms. The molecule has 7 aromatic rings. The SMILES string of the molecule is [2H]C([2H])([2H])c1c[c-]c(-c2ccc(C([2H])([2H])[2H])cn2)cc1.[2H]C([2H])([2H])c1cnc(-c2[c-]ccc3c2oc2nc(-c4ccccc4)nn23)cc1C([2H])([2H])[2H].[Ir]. The first-order valence-corrected chi connectivity index (χ1v) is 12.1. The third-order valence-corrected chi connectivity index (χ3v) is 5.97. The molecule has 0 saturated carbocycles. The van der Waals surface area contributed by atoms with Crippen LogP contribution in [0.2, 0.25) is 0 Å². The Morgan fingerprint density at radius 2 is 1.63 bits per heavy atom. The Morgan fingerprint density at radius 1 is 0.805 bits per heavy atom. The molecular formula is C34H27IrN5O-2. The van der Waals surface area contributed by atoms with E-state index in [0.29, 0.717) is 33.7 Å². The van der Waals surface area contributed by atoms with E-state index in [4.69, 9.17) is 20.9 Å². The smallest absolute Gasteiger partial charge is 0.315 e. The van der Waals surface area contributed by atoms with Gasteiger partial charge in [0.1, 0.15) is 0 Å². The van der Waals surface area contributed by atoms with E-state index in [-0.39, 0.29) is 53.9 Å². The summed E-state index contributed by atoms with van der Waals surface area (Å²) in [5, 5.41) is 4.52. The van der Waals surface area contributed by atoms with E-state index < -0.39 is 27.4 Å². The molecule has 1 radical (unpaired) electrons. The van der Waals surface area contributed by atoms with Crippen molar-refractivity contribution < 1.29 is 41.0 Å². The Balaban J connectivity index is 0.000000223. The maximum absolute atomic E-state index is 7.78. The van der Waals surface area contributed by atoms with Gasteiger partial charge in [-0.25, -0.2) is 0 Å². The molecule has 0 N–H and O–H groups in total. The second-order valence-corrected chi connectivity index (χ2v) is 8.70. The van der Waals surface area contributed by atoms with Crippen LogP contribution in [0.1, 0.15) is 38.7 Å². The van der Waals surface area contributed by atoms with Crippen molar-refractivity contribution in [3.8, 4) is 33.9 Å². The summed E-state index contributed by atoms with van der Waals surface area (Å²) >= 11 is 0. The number of nitrogens with zero attached hydrogens (tertiary/aromatic N) is 5. The summed E-state index contributed by atoms with van der Waals surface area (Å²) in [6.07, 6.45) is 2.38. The van der Waals surface area contributed by atoms with Crippen molar-refractivity contribution in [2.24, 2.45) is 0 Å². The van der Waals surface area contributed by atoms with Crippen molar-refractivity contribution >= 4 is 16.9 Å². The minimum absolute atomic E-state index is 0. The van der Waals surface area contributed by atoms with Crippen molar-refractivity contribution in [3.63, 3.8) is 0 Å². The molecule has 0 aliphatic rings.